The molecule has 0 amide bonds. The second-order valence-electron chi connectivity index (χ2n) is 5.38. The Labute approximate surface area is 126 Å². The molecule has 6 heteroatoms. The number of hydrogen-bond acceptors (Lipinski definition) is 4. The molecule has 3 rings (SSSR count). The number of hydrogen-bond donors (Lipinski definition) is 0. The Bertz CT molecular complexity index is 526. The van der Waals surface area contributed by atoms with Crippen LogP contribution in [-0.2, 0) is 0 Å². The third-order valence-corrected chi connectivity index (χ3v) is 4.48. The van der Waals surface area contributed by atoms with E-state index in [4.69, 9.17) is 0 Å². The summed E-state index contributed by atoms with van der Waals surface area (Å²) in [6, 6.07) is 1.48. The highest BCUT2D eigenvalue weighted by Gasteiger charge is 2.28. The standard InChI is InChI=1S/C14H18BrFN4/c1-19-7-4-17-13(19)10-2-5-20(6-3-10)14-12(16)8-11(15)9-18-14/h8-10H,2-7H2,1H3. The van der Waals surface area contributed by atoms with Crippen molar-refractivity contribution in [2.75, 3.05) is 38.1 Å². The summed E-state index contributed by atoms with van der Waals surface area (Å²) in [5.74, 6) is 1.95. The molecule has 0 N–H and O–H groups in total. The quantitative estimate of drug-likeness (QED) is 0.829. The molecule has 108 valence electrons. The lowest BCUT2D eigenvalue weighted by Crippen LogP contribution is -2.40. The summed E-state index contributed by atoms with van der Waals surface area (Å²) in [6.45, 7) is 3.61. The van der Waals surface area contributed by atoms with Crippen LogP contribution in [0.1, 0.15) is 12.8 Å². The fraction of sp³-hybridized carbons (Fsp3) is 0.571. The van der Waals surface area contributed by atoms with E-state index in [-0.39, 0.29) is 5.82 Å². The predicted molar refractivity (Wildman–Crippen MR) is 81.8 cm³/mol. The van der Waals surface area contributed by atoms with Crippen LogP contribution in [0, 0.1) is 11.7 Å². The summed E-state index contributed by atoms with van der Waals surface area (Å²) in [5.41, 5.74) is 0. The van der Waals surface area contributed by atoms with Crippen LogP contribution >= 0.6 is 15.9 Å². The van der Waals surface area contributed by atoms with Gasteiger partial charge in [-0.2, -0.15) is 0 Å². The number of piperidine rings is 1. The van der Waals surface area contributed by atoms with Gasteiger partial charge in [0.25, 0.3) is 0 Å². The molecule has 1 fully saturated rings. The maximum Gasteiger partial charge on any atom is 0.166 e. The Hall–Kier alpha value is -1.17. The Morgan fingerprint density at radius 2 is 2.05 bits per heavy atom. The summed E-state index contributed by atoms with van der Waals surface area (Å²) >= 11 is 3.24. The normalized spacial score (nSPS) is 20.4. The number of anilines is 1. The Morgan fingerprint density at radius 3 is 2.65 bits per heavy atom. The smallest absolute Gasteiger partial charge is 0.166 e. The van der Waals surface area contributed by atoms with E-state index >= 15 is 0 Å². The molecule has 0 aromatic carbocycles. The molecule has 2 aliphatic rings. The third kappa shape index (κ3) is 2.66. The topological polar surface area (TPSA) is 31.7 Å². The number of rotatable bonds is 2. The van der Waals surface area contributed by atoms with Gasteiger partial charge in [0.15, 0.2) is 11.6 Å². The van der Waals surface area contributed by atoms with Crippen molar-refractivity contribution in [2.24, 2.45) is 10.9 Å². The number of aliphatic imine (C=N–C) groups is 1. The summed E-state index contributed by atoms with van der Waals surface area (Å²) in [7, 11) is 2.11. The third-order valence-electron chi connectivity index (χ3n) is 4.05. The van der Waals surface area contributed by atoms with Gasteiger partial charge in [-0.25, -0.2) is 9.37 Å². The average Bonchev–Trinajstić information content (AvgIpc) is 2.85. The molecule has 1 aromatic heterocycles. The molecule has 20 heavy (non-hydrogen) atoms. The lowest BCUT2D eigenvalue weighted by Gasteiger charge is -2.34. The highest BCUT2D eigenvalue weighted by Crippen LogP contribution is 2.27. The largest absolute Gasteiger partial charge is 0.361 e. The van der Waals surface area contributed by atoms with E-state index in [1.807, 2.05) is 4.90 Å². The zero-order chi connectivity index (χ0) is 14.1. The summed E-state index contributed by atoms with van der Waals surface area (Å²) in [4.78, 5) is 13.1. The average molecular weight is 341 g/mol. The summed E-state index contributed by atoms with van der Waals surface area (Å²) in [5, 5.41) is 0. The van der Waals surface area contributed by atoms with Crippen molar-refractivity contribution in [3.63, 3.8) is 0 Å². The Kier molecular flexibility index (Phi) is 3.92. The molecular formula is C14H18BrFN4. The number of nitrogens with zero attached hydrogens (tertiary/aromatic N) is 4. The first kappa shape index (κ1) is 13.8. The van der Waals surface area contributed by atoms with E-state index < -0.39 is 0 Å². The minimum atomic E-state index is -0.256. The van der Waals surface area contributed by atoms with Gasteiger partial charge in [0.05, 0.1) is 6.54 Å². The van der Waals surface area contributed by atoms with Crippen molar-refractivity contribution >= 4 is 27.6 Å². The molecule has 1 aromatic rings. The second-order valence-corrected chi connectivity index (χ2v) is 6.30. The van der Waals surface area contributed by atoms with Crippen molar-refractivity contribution in [2.45, 2.75) is 12.8 Å². The van der Waals surface area contributed by atoms with Crippen LogP contribution in [0.4, 0.5) is 10.2 Å². The highest BCUT2D eigenvalue weighted by atomic mass is 79.9. The van der Waals surface area contributed by atoms with Crippen LogP contribution < -0.4 is 4.90 Å². The van der Waals surface area contributed by atoms with E-state index in [0.717, 1.165) is 39.0 Å². The van der Waals surface area contributed by atoms with Gasteiger partial charge < -0.3 is 9.80 Å². The van der Waals surface area contributed by atoms with Gasteiger partial charge in [-0.15, -0.1) is 0 Å². The van der Waals surface area contributed by atoms with Crippen molar-refractivity contribution in [1.29, 1.82) is 0 Å². The molecule has 0 spiro atoms. The van der Waals surface area contributed by atoms with Gasteiger partial charge in [-0.05, 0) is 34.8 Å². The first-order valence-corrected chi connectivity index (χ1v) is 7.76. The van der Waals surface area contributed by atoms with Crippen LogP contribution in [0.5, 0.6) is 0 Å². The maximum atomic E-state index is 13.9. The van der Waals surface area contributed by atoms with Crippen molar-refractivity contribution < 1.29 is 4.39 Å². The molecule has 0 aliphatic carbocycles. The molecule has 1 saturated heterocycles. The van der Waals surface area contributed by atoms with Crippen molar-refractivity contribution in [1.82, 2.24) is 9.88 Å². The Balaban J connectivity index is 1.66. The lowest BCUT2D eigenvalue weighted by molar-refractivity contribution is 0.442. The zero-order valence-electron chi connectivity index (χ0n) is 11.5. The maximum absolute atomic E-state index is 13.9. The molecule has 3 heterocycles. The van der Waals surface area contributed by atoms with Gasteiger partial charge in [0.1, 0.15) is 5.84 Å². The zero-order valence-corrected chi connectivity index (χ0v) is 13.1. The van der Waals surface area contributed by atoms with E-state index in [9.17, 15) is 4.39 Å². The van der Waals surface area contributed by atoms with E-state index in [1.165, 1.54) is 11.9 Å². The van der Waals surface area contributed by atoms with Gasteiger partial charge in [0, 0.05) is 43.3 Å². The minimum Gasteiger partial charge on any atom is -0.361 e. The number of amidine groups is 1. The monoisotopic (exact) mass is 340 g/mol. The predicted octanol–water partition coefficient (Wildman–Crippen LogP) is 2.54. The van der Waals surface area contributed by atoms with Crippen LogP contribution in [0.3, 0.4) is 0 Å². The fourth-order valence-electron chi connectivity index (χ4n) is 2.98. The highest BCUT2D eigenvalue weighted by molar-refractivity contribution is 9.10. The Morgan fingerprint density at radius 1 is 1.30 bits per heavy atom. The molecule has 4 nitrogen and oxygen atoms in total. The van der Waals surface area contributed by atoms with E-state index in [1.54, 1.807) is 6.20 Å². The molecule has 0 unspecified atom stereocenters. The van der Waals surface area contributed by atoms with Crippen LogP contribution in [0.15, 0.2) is 21.7 Å². The lowest BCUT2D eigenvalue weighted by atomic mass is 9.95. The van der Waals surface area contributed by atoms with Crippen molar-refractivity contribution in [3.8, 4) is 0 Å². The van der Waals surface area contributed by atoms with Gasteiger partial charge in [0.2, 0.25) is 0 Å². The number of likely N-dealkylation sites (N-methyl/N-ethyl adjacent to an activating group) is 1. The molecular weight excluding hydrogens is 323 g/mol. The number of aromatic nitrogens is 1. The first-order valence-electron chi connectivity index (χ1n) is 6.96. The van der Waals surface area contributed by atoms with E-state index in [0.29, 0.717) is 16.2 Å². The van der Waals surface area contributed by atoms with Gasteiger partial charge in [-0.3, -0.25) is 4.99 Å². The number of pyridine rings is 1. The molecule has 0 saturated carbocycles. The van der Waals surface area contributed by atoms with Crippen molar-refractivity contribution in [3.05, 3.63) is 22.6 Å². The molecule has 0 atom stereocenters. The number of halogens is 2. The first-order chi connectivity index (χ1) is 9.65. The molecule has 0 radical (unpaired) electrons. The van der Waals surface area contributed by atoms with E-state index in [2.05, 4.69) is 37.9 Å². The van der Waals surface area contributed by atoms with Gasteiger partial charge >= 0.3 is 0 Å². The molecule has 2 aliphatic heterocycles. The summed E-state index contributed by atoms with van der Waals surface area (Å²) < 4.78 is 14.6. The van der Waals surface area contributed by atoms with Gasteiger partial charge in [-0.1, -0.05) is 0 Å². The minimum absolute atomic E-state index is 0.256. The fourth-order valence-corrected chi connectivity index (χ4v) is 3.28. The summed E-state index contributed by atoms with van der Waals surface area (Å²) in [6.07, 6.45) is 3.68. The molecule has 0 bridgehead atoms. The van der Waals surface area contributed by atoms with Crippen LogP contribution in [-0.4, -0.2) is 48.9 Å². The second kappa shape index (κ2) is 5.68. The van der Waals surface area contributed by atoms with Crippen LogP contribution in [0.25, 0.3) is 0 Å². The SMILES string of the molecule is CN1CCN=C1C1CCN(c2ncc(Br)cc2F)CC1. The van der Waals surface area contributed by atoms with Crippen LogP contribution in [0.2, 0.25) is 0 Å².